The summed E-state index contributed by atoms with van der Waals surface area (Å²) in [5, 5.41) is 0. The number of hydrogen-bond donors (Lipinski definition) is 1. The minimum Gasteiger partial charge on any atom is -0.497 e. The fourth-order valence-electron chi connectivity index (χ4n) is 5.10. The number of likely N-dealkylation sites (tertiary alicyclic amines) is 1. The minimum absolute atomic E-state index is 0.105. The van der Waals surface area contributed by atoms with E-state index in [0.29, 0.717) is 11.8 Å². The highest BCUT2D eigenvalue weighted by Crippen LogP contribution is 2.36. The summed E-state index contributed by atoms with van der Waals surface area (Å²) >= 11 is 0. The van der Waals surface area contributed by atoms with Crippen LogP contribution in [0, 0.1) is 5.92 Å². The van der Waals surface area contributed by atoms with Crippen LogP contribution in [0.1, 0.15) is 23.6 Å². The summed E-state index contributed by atoms with van der Waals surface area (Å²) < 4.78 is 7.28. The average Bonchev–Trinajstić information content (AvgIpc) is 2.75. The Kier molecular flexibility index (Phi) is 4.64. The van der Waals surface area contributed by atoms with Crippen molar-refractivity contribution in [3.05, 3.63) is 76.7 Å². The van der Waals surface area contributed by atoms with Gasteiger partial charge in [-0.05, 0) is 36.8 Å². The van der Waals surface area contributed by atoms with Gasteiger partial charge in [0.2, 0.25) is 0 Å². The molecule has 1 aromatic carbocycles. The van der Waals surface area contributed by atoms with E-state index >= 15 is 0 Å². The highest BCUT2D eigenvalue weighted by Gasteiger charge is 2.38. The van der Waals surface area contributed by atoms with E-state index in [1.807, 2.05) is 35.2 Å². The van der Waals surface area contributed by atoms with Crippen molar-refractivity contribution in [2.45, 2.75) is 25.4 Å². The molecule has 5 rings (SSSR count). The number of nitrogens with one attached hydrogen (secondary N) is 1. The van der Waals surface area contributed by atoms with Crippen LogP contribution >= 0.6 is 0 Å². The maximum atomic E-state index is 12.6. The number of benzene rings is 1. The standard InChI is InChI=1S/C23H24N4O2/c1-29-20-4-2-16(3-5-20)11-26-12-17-8-18(14-26)23-21(19-9-24-15-25-10-19)6-7-22(28)27(23)13-17/h2-7,9-10,15,17-18H,8,11-14H2,1H3/p+1/t17-,18+/m0/s1. The van der Waals surface area contributed by atoms with Gasteiger partial charge in [-0.1, -0.05) is 0 Å². The van der Waals surface area contributed by atoms with Crippen LogP contribution in [-0.4, -0.2) is 34.7 Å². The first-order valence-electron chi connectivity index (χ1n) is 10.2. The molecule has 1 saturated heterocycles. The Hall–Kier alpha value is -2.99. The van der Waals surface area contributed by atoms with Crippen LogP contribution in [0.2, 0.25) is 0 Å². The summed E-state index contributed by atoms with van der Waals surface area (Å²) in [5.41, 5.74) is 4.67. The molecule has 0 amide bonds. The number of ether oxygens (including phenoxy) is 1. The van der Waals surface area contributed by atoms with E-state index in [1.165, 1.54) is 5.56 Å². The third-order valence-electron chi connectivity index (χ3n) is 6.27. The molecule has 0 saturated carbocycles. The number of aromatic nitrogens is 3. The first-order chi connectivity index (χ1) is 14.2. The summed E-state index contributed by atoms with van der Waals surface area (Å²) in [6.07, 6.45) is 6.37. The van der Waals surface area contributed by atoms with Crippen molar-refractivity contribution in [3.63, 3.8) is 0 Å². The van der Waals surface area contributed by atoms with Gasteiger partial charge in [0.05, 0.1) is 20.2 Å². The van der Waals surface area contributed by atoms with Gasteiger partial charge in [-0.25, -0.2) is 9.97 Å². The third-order valence-corrected chi connectivity index (χ3v) is 6.27. The van der Waals surface area contributed by atoms with Crippen molar-refractivity contribution in [1.82, 2.24) is 14.5 Å². The Labute approximate surface area is 169 Å². The van der Waals surface area contributed by atoms with E-state index in [2.05, 4.69) is 22.1 Å². The number of fused-ring (bicyclic) bond motifs is 4. The van der Waals surface area contributed by atoms with E-state index in [9.17, 15) is 4.79 Å². The van der Waals surface area contributed by atoms with Crippen LogP contribution in [0.15, 0.2) is 59.9 Å². The lowest BCUT2D eigenvalue weighted by atomic mass is 9.80. The van der Waals surface area contributed by atoms with Crippen molar-refractivity contribution < 1.29 is 9.64 Å². The zero-order valence-corrected chi connectivity index (χ0v) is 16.5. The van der Waals surface area contributed by atoms with Crippen LogP contribution < -0.4 is 15.2 Å². The van der Waals surface area contributed by atoms with Crippen molar-refractivity contribution >= 4 is 0 Å². The molecule has 1 fully saturated rings. The van der Waals surface area contributed by atoms with Gasteiger partial charge >= 0.3 is 0 Å². The van der Waals surface area contributed by atoms with E-state index in [1.54, 1.807) is 24.4 Å². The van der Waals surface area contributed by atoms with Gasteiger partial charge in [-0.2, -0.15) is 0 Å². The molecule has 29 heavy (non-hydrogen) atoms. The molecule has 1 N–H and O–H groups in total. The highest BCUT2D eigenvalue weighted by molar-refractivity contribution is 5.65. The minimum atomic E-state index is 0.105. The molecule has 0 aliphatic carbocycles. The van der Waals surface area contributed by atoms with Crippen LogP contribution in [0.3, 0.4) is 0 Å². The molecule has 1 unspecified atom stereocenters. The monoisotopic (exact) mass is 389 g/mol. The van der Waals surface area contributed by atoms with Crippen molar-refractivity contribution in [2.75, 3.05) is 20.2 Å². The van der Waals surface area contributed by atoms with Gasteiger partial charge in [-0.15, -0.1) is 0 Å². The largest absolute Gasteiger partial charge is 0.497 e. The second-order valence-electron chi connectivity index (χ2n) is 8.19. The first-order valence-corrected chi connectivity index (χ1v) is 10.2. The van der Waals surface area contributed by atoms with Gasteiger partial charge < -0.3 is 14.2 Å². The smallest absolute Gasteiger partial charge is 0.250 e. The third kappa shape index (κ3) is 3.44. The molecule has 0 radical (unpaired) electrons. The average molecular weight is 389 g/mol. The zero-order chi connectivity index (χ0) is 19.8. The van der Waals surface area contributed by atoms with Crippen LogP contribution in [0.5, 0.6) is 5.75 Å². The molecule has 2 bridgehead atoms. The molecule has 6 heteroatoms. The number of nitrogens with zero attached hydrogens (tertiary/aromatic N) is 3. The Bertz CT molecular complexity index is 1060. The van der Waals surface area contributed by atoms with Gasteiger partial charge in [0.1, 0.15) is 18.6 Å². The fraction of sp³-hybridized carbons (Fsp3) is 0.348. The van der Waals surface area contributed by atoms with E-state index in [4.69, 9.17) is 4.74 Å². The predicted molar refractivity (Wildman–Crippen MR) is 110 cm³/mol. The van der Waals surface area contributed by atoms with Gasteiger partial charge in [0.15, 0.2) is 0 Å². The molecular formula is C23H25N4O2+. The number of rotatable bonds is 4. The second-order valence-corrected chi connectivity index (χ2v) is 8.19. The highest BCUT2D eigenvalue weighted by atomic mass is 16.5. The van der Waals surface area contributed by atoms with E-state index in [-0.39, 0.29) is 5.56 Å². The molecule has 0 spiro atoms. The molecule has 2 aliphatic rings. The number of methoxy groups -OCH3 is 1. The Morgan fingerprint density at radius 1 is 1.10 bits per heavy atom. The van der Waals surface area contributed by atoms with Gasteiger partial charge in [0.25, 0.3) is 5.56 Å². The van der Waals surface area contributed by atoms with Crippen LogP contribution in [0.4, 0.5) is 0 Å². The summed E-state index contributed by atoms with van der Waals surface area (Å²) in [5.74, 6) is 1.80. The molecule has 2 aliphatic heterocycles. The SMILES string of the molecule is COc1ccc(C[NH+]2C[C@@H]3C[C@H](C2)c2c(-c4cncnc4)ccc(=O)n2C3)cc1. The van der Waals surface area contributed by atoms with Crippen molar-refractivity contribution in [1.29, 1.82) is 0 Å². The lowest BCUT2D eigenvalue weighted by Gasteiger charge is -2.41. The second kappa shape index (κ2) is 7.44. The summed E-state index contributed by atoms with van der Waals surface area (Å²) in [4.78, 5) is 22.6. The Morgan fingerprint density at radius 3 is 2.66 bits per heavy atom. The number of piperidine rings is 1. The molecule has 4 heterocycles. The number of hydrogen-bond acceptors (Lipinski definition) is 4. The molecule has 148 valence electrons. The van der Waals surface area contributed by atoms with E-state index < -0.39 is 0 Å². The predicted octanol–water partition coefficient (Wildman–Crippen LogP) is 1.52. The summed E-state index contributed by atoms with van der Waals surface area (Å²) in [6, 6.07) is 12.0. The number of quaternary nitrogens is 1. The molecule has 2 aromatic heterocycles. The lowest BCUT2D eigenvalue weighted by Crippen LogP contribution is -3.13. The summed E-state index contributed by atoms with van der Waals surface area (Å²) in [6.45, 7) is 3.94. The van der Waals surface area contributed by atoms with E-state index in [0.717, 1.165) is 55.2 Å². The quantitative estimate of drug-likeness (QED) is 0.735. The first kappa shape index (κ1) is 18.1. The van der Waals surface area contributed by atoms with Crippen LogP contribution in [-0.2, 0) is 13.1 Å². The Morgan fingerprint density at radius 2 is 1.90 bits per heavy atom. The maximum Gasteiger partial charge on any atom is 0.250 e. The molecule has 3 atom stereocenters. The lowest BCUT2D eigenvalue weighted by molar-refractivity contribution is -0.924. The van der Waals surface area contributed by atoms with Gasteiger partial charge in [0, 0.05) is 59.2 Å². The topological polar surface area (TPSA) is 61.5 Å². The molecule has 3 aromatic rings. The van der Waals surface area contributed by atoms with Crippen molar-refractivity contribution in [3.8, 4) is 16.9 Å². The van der Waals surface area contributed by atoms with Crippen LogP contribution in [0.25, 0.3) is 11.1 Å². The molecule has 6 nitrogen and oxygen atoms in total. The Balaban J connectivity index is 1.46. The normalized spacial score (nSPS) is 22.7. The fourth-order valence-corrected chi connectivity index (χ4v) is 5.10. The summed E-state index contributed by atoms with van der Waals surface area (Å²) in [7, 11) is 1.70. The zero-order valence-electron chi connectivity index (χ0n) is 16.5. The van der Waals surface area contributed by atoms with Gasteiger partial charge in [-0.3, -0.25) is 4.79 Å². The maximum absolute atomic E-state index is 12.6. The van der Waals surface area contributed by atoms with Crippen molar-refractivity contribution in [2.24, 2.45) is 5.92 Å². The molecular weight excluding hydrogens is 364 g/mol. The number of pyridine rings is 1.